The SMILES string of the molecule is CCCC[C@H](CNCCPc1ccccc1)NCc1cccs1. The molecule has 0 spiro atoms. The molecule has 23 heavy (non-hydrogen) atoms. The van der Waals surface area contributed by atoms with Crippen molar-refractivity contribution >= 4 is 25.2 Å². The van der Waals surface area contributed by atoms with Crippen LogP contribution in [0.15, 0.2) is 47.8 Å². The molecular weight excluding hydrogens is 319 g/mol. The van der Waals surface area contributed by atoms with E-state index in [2.05, 4.69) is 65.4 Å². The van der Waals surface area contributed by atoms with Crippen molar-refractivity contribution in [1.82, 2.24) is 10.6 Å². The maximum atomic E-state index is 3.72. The number of hydrogen-bond acceptors (Lipinski definition) is 3. The zero-order valence-electron chi connectivity index (χ0n) is 14.1. The average Bonchev–Trinajstić information content (AvgIpc) is 3.11. The Morgan fingerprint density at radius 3 is 2.74 bits per heavy atom. The Morgan fingerprint density at radius 2 is 2.00 bits per heavy atom. The van der Waals surface area contributed by atoms with Crippen LogP contribution in [-0.2, 0) is 6.54 Å². The lowest BCUT2D eigenvalue weighted by Gasteiger charge is -2.19. The van der Waals surface area contributed by atoms with Crippen molar-refractivity contribution in [2.75, 3.05) is 19.3 Å². The average molecular weight is 348 g/mol. The van der Waals surface area contributed by atoms with E-state index >= 15 is 0 Å². The first-order valence-electron chi connectivity index (χ1n) is 8.64. The van der Waals surface area contributed by atoms with Gasteiger partial charge in [0, 0.05) is 24.0 Å². The molecule has 0 aliphatic rings. The van der Waals surface area contributed by atoms with E-state index in [-0.39, 0.29) is 0 Å². The van der Waals surface area contributed by atoms with Crippen LogP contribution in [0, 0.1) is 0 Å². The van der Waals surface area contributed by atoms with Gasteiger partial charge in [0.15, 0.2) is 0 Å². The molecule has 1 unspecified atom stereocenters. The van der Waals surface area contributed by atoms with E-state index in [1.165, 1.54) is 35.6 Å². The first-order valence-corrected chi connectivity index (χ1v) is 10.7. The predicted molar refractivity (Wildman–Crippen MR) is 107 cm³/mol. The lowest BCUT2D eigenvalue weighted by Crippen LogP contribution is -2.38. The van der Waals surface area contributed by atoms with Gasteiger partial charge in [0.05, 0.1) is 0 Å². The predicted octanol–water partition coefficient (Wildman–Crippen LogP) is 3.99. The van der Waals surface area contributed by atoms with Gasteiger partial charge >= 0.3 is 0 Å². The minimum absolute atomic E-state index is 0.581. The molecule has 0 aliphatic heterocycles. The number of benzene rings is 1. The summed E-state index contributed by atoms with van der Waals surface area (Å²) in [4.78, 5) is 1.43. The van der Waals surface area contributed by atoms with Crippen LogP contribution in [0.4, 0.5) is 0 Å². The third kappa shape index (κ3) is 8.08. The van der Waals surface area contributed by atoms with Gasteiger partial charge < -0.3 is 10.6 Å². The molecule has 2 rings (SSSR count). The summed E-state index contributed by atoms with van der Waals surface area (Å²) in [6, 6.07) is 15.7. The summed E-state index contributed by atoms with van der Waals surface area (Å²) in [5.74, 6) is 0. The highest BCUT2D eigenvalue weighted by Crippen LogP contribution is 2.10. The maximum Gasteiger partial charge on any atom is 0.0302 e. The Labute approximate surface area is 146 Å². The third-order valence-electron chi connectivity index (χ3n) is 3.85. The molecule has 2 nitrogen and oxygen atoms in total. The van der Waals surface area contributed by atoms with Crippen molar-refractivity contribution in [3.63, 3.8) is 0 Å². The molecule has 0 radical (unpaired) electrons. The number of unbranched alkanes of at least 4 members (excludes halogenated alkanes) is 1. The zero-order chi connectivity index (χ0) is 16.2. The molecule has 0 fully saturated rings. The Bertz CT molecular complexity index is 501. The third-order valence-corrected chi connectivity index (χ3v) is 5.96. The van der Waals surface area contributed by atoms with E-state index < -0.39 is 0 Å². The van der Waals surface area contributed by atoms with Gasteiger partial charge in [0.2, 0.25) is 0 Å². The van der Waals surface area contributed by atoms with Crippen molar-refractivity contribution < 1.29 is 0 Å². The highest BCUT2D eigenvalue weighted by Gasteiger charge is 2.07. The lowest BCUT2D eigenvalue weighted by molar-refractivity contribution is 0.441. The van der Waals surface area contributed by atoms with E-state index in [9.17, 15) is 0 Å². The Balaban J connectivity index is 1.62. The monoisotopic (exact) mass is 348 g/mol. The summed E-state index contributed by atoms with van der Waals surface area (Å²) in [5, 5.41) is 11.0. The van der Waals surface area contributed by atoms with Gasteiger partial charge in [-0.25, -0.2) is 0 Å². The van der Waals surface area contributed by atoms with Gasteiger partial charge in [0.25, 0.3) is 0 Å². The first kappa shape index (κ1) is 18.6. The van der Waals surface area contributed by atoms with Crippen LogP contribution in [0.1, 0.15) is 31.1 Å². The van der Waals surface area contributed by atoms with Gasteiger partial charge in [-0.3, -0.25) is 0 Å². The second-order valence-electron chi connectivity index (χ2n) is 5.80. The molecule has 1 heterocycles. The molecule has 126 valence electrons. The van der Waals surface area contributed by atoms with E-state index in [1.807, 2.05) is 11.3 Å². The van der Waals surface area contributed by atoms with E-state index in [0.717, 1.165) is 28.2 Å². The van der Waals surface area contributed by atoms with Crippen molar-refractivity contribution in [3.8, 4) is 0 Å². The molecule has 4 heteroatoms. The fourth-order valence-corrected chi connectivity index (χ4v) is 4.19. The highest BCUT2D eigenvalue weighted by atomic mass is 32.1. The normalized spacial score (nSPS) is 12.9. The number of nitrogens with one attached hydrogen (secondary N) is 2. The number of rotatable bonds is 12. The molecule has 0 saturated carbocycles. The van der Waals surface area contributed by atoms with Crippen LogP contribution in [0.2, 0.25) is 0 Å². The molecule has 1 aromatic heterocycles. The van der Waals surface area contributed by atoms with Crippen LogP contribution in [0.25, 0.3) is 0 Å². The fraction of sp³-hybridized carbons (Fsp3) is 0.474. The molecule has 0 saturated heterocycles. The summed E-state index contributed by atoms with van der Waals surface area (Å²) < 4.78 is 0. The van der Waals surface area contributed by atoms with Gasteiger partial charge in [-0.1, -0.05) is 64.7 Å². The molecule has 2 N–H and O–H groups in total. The van der Waals surface area contributed by atoms with E-state index in [4.69, 9.17) is 0 Å². The van der Waals surface area contributed by atoms with Crippen molar-refractivity contribution in [1.29, 1.82) is 0 Å². The summed E-state index contributed by atoms with van der Waals surface area (Å²) in [7, 11) is 0.910. The van der Waals surface area contributed by atoms with Crippen LogP contribution < -0.4 is 15.9 Å². The Kier molecular flexibility index (Phi) is 9.51. The maximum absolute atomic E-state index is 3.72. The molecule has 0 amide bonds. The first-order chi connectivity index (χ1) is 11.4. The van der Waals surface area contributed by atoms with Gasteiger partial charge in [-0.2, -0.15) is 0 Å². The van der Waals surface area contributed by atoms with Crippen molar-refractivity contribution in [3.05, 3.63) is 52.7 Å². The van der Waals surface area contributed by atoms with Crippen molar-refractivity contribution in [2.24, 2.45) is 0 Å². The summed E-state index contributed by atoms with van der Waals surface area (Å²) in [5.41, 5.74) is 0. The standard InChI is InChI=1S/C19H29N2PS/c1-2-3-8-17(21-16-19-11-7-14-23-19)15-20-12-13-22-18-9-5-4-6-10-18/h4-7,9-11,14,17,20-22H,2-3,8,12-13,15-16H2,1H3/t17-/m1/s1. The Hall–Kier alpha value is -0.730. The van der Waals surface area contributed by atoms with Gasteiger partial charge in [-0.05, 0) is 35.9 Å². The minimum atomic E-state index is 0.581. The van der Waals surface area contributed by atoms with Gasteiger partial charge in [0.1, 0.15) is 0 Å². The summed E-state index contributed by atoms with van der Waals surface area (Å²) in [6.45, 7) is 5.45. The lowest BCUT2D eigenvalue weighted by atomic mass is 10.1. The van der Waals surface area contributed by atoms with E-state index in [1.54, 1.807) is 0 Å². The largest absolute Gasteiger partial charge is 0.315 e. The van der Waals surface area contributed by atoms with Gasteiger partial charge in [-0.15, -0.1) is 11.3 Å². The van der Waals surface area contributed by atoms with Crippen LogP contribution in [0.5, 0.6) is 0 Å². The summed E-state index contributed by atoms with van der Waals surface area (Å²) in [6.07, 6.45) is 5.06. The van der Waals surface area contributed by atoms with Crippen molar-refractivity contribution in [2.45, 2.75) is 38.8 Å². The smallest absolute Gasteiger partial charge is 0.0302 e. The fourth-order valence-electron chi connectivity index (χ4n) is 2.51. The Morgan fingerprint density at radius 1 is 1.13 bits per heavy atom. The van der Waals surface area contributed by atoms with E-state index in [0.29, 0.717) is 6.04 Å². The second kappa shape index (κ2) is 11.8. The quantitative estimate of drug-likeness (QED) is 0.448. The summed E-state index contributed by atoms with van der Waals surface area (Å²) >= 11 is 1.84. The second-order valence-corrected chi connectivity index (χ2v) is 8.26. The molecule has 2 atom stereocenters. The molecule has 1 aromatic carbocycles. The minimum Gasteiger partial charge on any atom is -0.315 e. The molecular formula is C19H29N2PS. The highest BCUT2D eigenvalue weighted by molar-refractivity contribution is 7.47. The van der Waals surface area contributed by atoms with Crippen LogP contribution in [-0.4, -0.2) is 25.3 Å². The molecule has 0 aliphatic carbocycles. The number of hydrogen-bond donors (Lipinski definition) is 2. The topological polar surface area (TPSA) is 24.1 Å². The molecule has 0 bridgehead atoms. The van der Waals surface area contributed by atoms with Crippen LogP contribution in [0.3, 0.4) is 0 Å². The zero-order valence-corrected chi connectivity index (χ0v) is 15.9. The number of thiophene rings is 1. The van der Waals surface area contributed by atoms with Crippen LogP contribution >= 0.6 is 19.9 Å². The molecule has 2 aromatic rings.